The Morgan fingerprint density at radius 1 is 1.33 bits per heavy atom. The normalized spacial score (nSPS) is 11.6. The molecule has 0 N–H and O–H groups in total. The molecule has 1 aromatic carbocycles. The molecule has 76 valence electrons. The van der Waals surface area contributed by atoms with Crippen LogP contribution in [0.3, 0.4) is 0 Å². The third-order valence-corrected chi connectivity index (χ3v) is 3.72. The zero-order valence-electron chi connectivity index (χ0n) is 8.78. The van der Waals surface area contributed by atoms with E-state index >= 15 is 0 Å². The highest BCUT2D eigenvalue weighted by Crippen LogP contribution is 2.30. The van der Waals surface area contributed by atoms with Gasteiger partial charge in [0.1, 0.15) is 12.1 Å². The molecule has 2 aromatic heterocycles. The lowest BCUT2D eigenvalue weighted by molar-refractivity contribution is -0.668. The number of hydrogen-bond donors (Lipinski definition) is 0. The van der Waals surface area contributed by atoms with E-state index in [1.54, 1.807) is 11.3 Å². The highest BCUT2D eigenvalue weighted by atomic mass is 32.1. The Morgan fingerprint density at radius 3 is 2.93 bits per heavy atom. The van der Waals surface area contributed by atoms with Crippen LogP contribution in [0.5, 0.6) is 0 Å². The van der Waals surface area contributed by atoms with Crippen molar-refractivity contribution < 1.29 is 8.98 Å². The maximum absolute atomic E-state index is 5.81. The van der Waals surface area contributed by atoms with E-state index in [9.17, 15) is 0 Å². The molecule has 2 heterocycles. The van der Waals surface area contributed by atoms with Crippen molar-refractivity contribution in [1.82, 2.24) is 0 Å². The average Bonchev–Trinajstić information content (AvgIpc) is 2.72. The number of aryl methyl sites for hydroxylation is 2. The number of fused-ring (bicyclic) bond motifs is 3. The van der Waals surface area contributed by atoms with Crippen LogP contribution in [0.25, 0.3) is 21.4 Å². The van der Waals surface area contributed by atoms with Gasteiger partial charge < -0.3 is 4.42 Å². The van der Waals surface area contributed by atoms with E-state index in [2.05, 4.69) is 30.5 Å². The van der Waals surface area contributed by atoms with E-state index in [1.165, 1.54) is 15.9 Å². The lowest BCUT2D eigenvalue weighted by Crippen LogP contribution is -2.33. The van der Waals surface area contributed by atoms with Gasteiger partial charge in [0.25, 0.3) is 10.4 Å². The molecule has 15 heavy (non-hydrogen) atoms. The van der Waals surface area contributed by atoms with Gasteiger partial charge in [-0.3, -0.25) is 0 Å². The second-order valence-corrected chi connectivity index (χ2v) is 4.77. The fourth-order valence-corrected chi connectivity index (χ4v) is 3.11. The molecule has 0 spiro atoms. The van der Waals surface area contributed by atoms with Gasteiger partial charge in [-0.25, -0.2) is 0 Å². The summed E-state index contributed by atoms with van der Waals surface area (Å²) < 4.78 is 8.12. The third kappa shape index (κ3) is 1.13. The summed E-state index contributed by atoms with van der Waals surface area (Å²) in [5.74, 6) is 0. The third-order valence-electron chi connectivity index (χ3n) is 2.74. The van der Waals surface area contributed by atoms with Crippen LogP contribution in [0.15, 0.2) is 28.7 Å². The Labute approximate surface area is 91.8 Å². The molecule has 0 aliphatic rings. The molecule has 0 aliphatic carbocycles. The van der Waals surface area contributed by atoms with Gasteiger partial charge in [-0.1, -0.05) is 12.1 Å². The summed E-state index contributed by atoms with van der Waals surface area (Å²) in [6.07, 6.45) is 0. The lowest BCUT2D eigenvalue weighted by Gasteiger charge is -1.89. The fourth-order valence-electron chi connectivity index (χ4n) is 2.06. The van der Waals surface area contributed by atoms with E-state index in [4.69, 9.17) is 4.42 Å². The number of furan rings is 1. The summed E-state index contributed by atoms with van der Waals surface area (Å²) in [6, 6.07) is 8.22. The average molecular weight is 218 g/mol. The second kappa shape index (κ2) is 3.07. The van der Waals surface area contributed by atoms with E-state index in [-0.39, 0.29) is 0 Å². The van der Waals surface area contributed by atoms with Gasteiger partial charge in [0.05, 0.1) is 5.39 Å². The van der Waals surface area contributed by atoms with Gasteiger partial charge in [-0.15, -0.1) is 0 Å². The van der Waals surface area contributed by atoms with Crippen LogP contribution in [-0.2, 0) is 6.54 Å². The Morgan fingerprint density at radius 2 is 2.13 bits per heavy atom. The molecule has 0 aliphatic heterocycles. The Hall–Kier alpha value is -1.35. The first-order valence-corrected chi connectivity index (χ1v) is 5.93. The fraction of sp³-hybridized carbons (Fsp3) is 0.250. The van der Waals surface area contributed by atoms with Crippen molar-refractivity contribution in [3.8, 4) is 0 Å². The van der Waals surface area contributed by atoms with Crippen molar-refractivity contribution >= 4 is 32.7 Å². The van der Waals surface area contributed by atoms with Crippen LogP contribution in [0.2, 0.25) is 0 Å². The molecule has 3 rings (SSSR count). The Bertz CT molecular complexity index is 635. The number of nitrogens with zero attached hydrogens (tertiary/aromatic N) is 1. The van der Waals surface area contributed by atoms with Gasteiger partial charge in [0.2, 0.25) is 5.01 Å². The van der Waals surface area contributed by atoms with Crippen LogP contribution in [0, 0.1) is 6.92 Å². The van der Waals surface area contributed by atoms with Gasteiger partial charge in [0.15, 0.2) is 0 Å². The molecule has 0 amide bonds. The number of hydrogen-bond acceptors (Lipinski definition) is 2. The number of para-hydroxylation sites is 1. The molecule has 3 aromatic rings. The summed E-state index contributed by atoms with van der Waals surface area (Å²) in [5.41, 5.74) is 2.23. The number of thiazole rings is 1. The van der Waals surface area contributed by atoms with Crippen LogP contribution in [0.4, 0.5) is 0 Å². The number of rotatable bonds is 1. The molecular weight excluding hydrogens is 206 g/mol. The van der Waals surface area contributed by atoms with Crippen LogP contribution < -0.4 is 4.57 Å². The standard InChI is InChI=1S/C12H12NOS/c1-3-13-8(2)15-12-11(13)9-6-4-5-7-10(9)14-12/h4-7H,3H2,1-2H3/q+1. The Kier molecular flexibility index (Phi) is 1.83. The molecule has 0 radical (unpaired) electrons. The first kappa shape index (κ1) is 8.92. The van der Waals surface area contributed by atoms with Crippen molar-refractivity contribution in [1.29, 1.82) is 0 Å². The van der Waals surface area contributed by atoms with Gasteiger partial charge in [-0.05, 0) is 30.4 Å². The maximum Gasteiger partial charge on any atom is 0.271 e. The van der Waals surface area contributed by atoms with Crippen molar-refractivity contribution in [3.05, 3.63) is 29.3 Å². The molecule has 0 atom stereocenters. The van der Waals surface area contributed by atoms with Crippen LogP contribution >= 0.6 is 11.3 Å². The minimum atomic E-state index is 0.987. The predicted octanol–water partition coefficient (Wildman–Crippen LogP) is 3.26. The summed E-state index contributed by atoms with van der Waals surface area (Å²) in [4.78, 5) is 1.04. The minimum Gasteiger partial charge on any atom is -0.439 e. The molecule has 0 bridgehead atoms. The van der Waals surface area contributed by atoms with E-state index < -0.39 is 0 Å². The molecule has 2 nitrogen and oxygen atoms in total. The summed E-state index contributed by atoms with van der Waals surface area (Å²) in [6.45, 7) is 5.30. The summed E-state index contributed by atoms with van der Waals surface area (Å²) >= 11 is 1.73. The van der Waals surface area contributed by atoms with Crippen molar-refractivity contribution in [2.45, 2.75) is 20.4 Å². The highest BCUT2D eigenvalue weighted by molar-refractivity contribution is 7.17. The van der Waals surface area contributed by atoms with Crippen molar-refractivity contribution in [2.75, 3.05) is 0 Å². The topological polar surface area (TPSA) is 17.0 Å². The summed E-state index contributed by atoms with van der Waals surface area (Å²) in [7, 11) is 0. The first-order valence-electron chi connectivity index (χ1n) is 5.11. The highest BCUT2D eigenvalue weighted by Gasteiger charge is 2.22. The van der Waals surface area contributed by atoms with E-state index in [0.717, 1.165) is 17.0 Å². The first-order chi connectivity index (χ1) is 7.31. The smallest absolute Gasteiger partial charge is 0.271 e. The molecule has 0 saturated heterocycles. The molecule has 0 saturated carbocycles. The predicted molar refractivity (Wildman–Crippen MR) is 62.2 cm³/mol. The largest absolute Gasteiger partial charge is 0.439 e. The Balaban J connectivity index is 2.55. The zero-order valence-corrected chi connectivity index (χ0v) is 9.60. The van der Waals surface area contributed by atoms with E-state index in [0.29, 0.717) is 0 Å². The molecule has 0 fully saturated rings. The summed E-state index contributed by atoms with van der Waals surface area (Å²) in [5, 5.41) is 2.52. The van der Waals surface area contributed by atoms with Crippen molar-refractivity contribution in [2.24, 2.45) is 0 Å². The number of benzene rings is 1. The van der Waals surface area contributed by atoms with E-state index in [1.807, 2.05) is 12.1 Å². The maximum atomic E-state index is 5.81. The van der Waals surface area contributed by atoms with Gasteiger partial charge in [0, 0.05) is 6.92 Å². The molecule has 0 unspecified atom stereocenters. The van der Waals surface area contributed by atoms with Gasteiger partial charge >= 0.3 is 0 Å². The lowest BCUT2D eigenvalue weighted by atomic mass is 10.2. The number of aromatic nitrogens is 1. The van der Waals surface area contributed by atoms with Crippen LogP contribution in [0.1, 0.15) is 11.9 Å². The molecule has 3 heteroatoms. The molecular formula is C12H12NOS+. The quantitative estimate of drug-likeness (QED) is 0.573. The second-order valence-electron chi connectivity index (χ2n) is 3.60. The van der Waals surface area contributed by atoms with Crippen LogP contribution in [-0.4, -0.2) is 0 Å². The van der Waals surface area contributed by atoms with Gasteiger partial charge in [-0.2, -0.15) is 4.57 Å². The zero-order chi connectivity index (χ0) is 10.4. The minimum absolute atomic E-state index is 0.987. The SMILES string of the molecule is CC[n+]1c(C)sc2oc3ccccc3c21. The van der Waals surface area contributed by atoms with Crippen molar-refractivity contribution in [3.63, 3.8) is 0 Å². The monoisotopic (exact) mass is 218 g/mol.